The summed E-state index contributed by atoms with van der Waals surface area (Å²) in [6, 6.07) is 5.02. The smallest absolute Gasteiger partial charge is 0.254 e. The third-order valence-corrected chi connectivity index (χ3v) is 2.92. The van der Waals surface area contributed by atoms with Crippen molar-refractivity contribution in [2.24, 2.45) is 0 Å². The van der Waals surface area contributed by atoms with Crippen LogP contribution < -0.4 is 16.6 Å². The summed E-state index contributed by atoms with van der Waals surface area (Å²) >= 11 is 0. The number of benzene rings is 1. The number of nitrogens with zero attached hydrogens (tertiary/aromatic N) is 2. The van der Waals surface area contributed by atoms with E-state index < -0.39 is 11.7 Å². The Kier molecular flexibility index (Phi) is 4.02. The van der Waals surface area contributed by atoms with Gasteiger partial charge in [-0.25, -0.2) is 9.37 Å². The van der Waals surface area contributed by atoms with E-state index in [1.165, 1.54) is 22.8 Å². The van der Waals surface area contributed by atoms with E-state index in [9.17, 15) is 14.0 Å². The molecule has 3 N–H and O–H groups in total. The van der Waals surface area contributed by atoms with Gasteiger partial charge in [0.15, 0.2) is 0 Å². The van der Waals surface area contributed by atoms with E-state index in [0.717, 1.165) is 6.07 Å². The summed E-state index contributed by atoms with van der Waals surface area (Å²) in [7, 11) is 0. The number of rotatable bonds is 3. The fourth-order valence-electron chi connectivity index (χ4n) is 1.93. The van der Waals surface area contributed by atoms with Crippen molar-refractivity contribution >= 4 is 17.3 Å². The summed E-state index contributed by atoms with van der Waals surface area (Å²) in [5.74, 6) is -0.560. The number of nitrogen functional groups attached to an aromatic ring is 1. The van der Waals surface area contributed by atoms with Crippen molar-refractivity contribution in [1.82, 2.24) is 9.55 Å². The highest BCUT2D eigenvalue weighted by Crippen LogP contribution is 2.19. The molecule has 0 saturated carbocycles. The van der Waals surface area contributed by atoms with E-state index in [-0.39, 0.29) is 23.5 Å². The molecule has 2 aromatic rings. The minimum atomic E-state index is -0.509. The summed E-state index contributed by atoms with van der Waals surface area (Å²) in [5.41, 5.74) is 6.34. The lowest BCUT2D eigenvalue weighted by atomic mass is 10.2. The van der Waals surface area contributed by atoms with Crippen LogP contribution in [0.2, 0.25) is 0 Å². The van der Waals surface area contributed by atoms with E-state index >= 15 is 0 Å². The predicted octanol–water partition coefficient (Wildman–Crippen LogP) is 1.22. The fourth-order valence-corrected chi connectivity index (χ4v) is 1.93. The monoisotopic (exact) mass is 290 g/mol. The molecule has 0 radical (unpaired) electrons. The van der Waals surface area contributed by atoms with Gasteiger partial charge in [-0.2, -0.15) is 0 Å². The summed E-state index contributed by atoms with van der Waals surface area (Å²) in [6.45, 7) is 3.12. The van der Waals surface area contributed by atoms with Gasteiger partial charge in [0.1, 0.15) is 18.2 Å². The molecule has 0 atom stereocenters. The molecule has 0 aliphatic heterocycles. The number of nitrogens with one attached hydrogen (secondary N) is 1. The SMILES string of the molecule is Cc1cc(=O)n(CC(=O)Nc2cc(F)ccc2N)c(C)n1. The molecule has 7 heteroatoms. The Morgan fingerprint density at radius 2 is 2.10 bits per heavy atom. The van der Waals surface area contributed by atoms with E-state index in [2.05, 4.69) is 10.3 Å². The van der Waals surface area contributed by atoms with Gasteiger partial charge < -0.3 is 11.1 Å². The molecule has 0 aliphatic rings. The van der Waals surface area contributed by atoms with Crippen molar-refractivity contribution < 1.29 is 9.18 Å². The summed E-state index contributed by atoms with van der Waals surface area (Å²) in [5, 5.41) is 2.48. The van der Waals surface area contributed by atoms with Gasteiger partial charge in [0.2, 0.25) is 5.91 Å². The molecule has 0 fully saturated rings. The highest BCUT2D eigenvalue weighted by atomic mass is 19.1. The first-order valence-corrected chi connectivity index (χ1v) is 6.27. The summed E-state index contributed by atoms with van der Waals surface area (Å²) in [6.07, 6.45) is 0. The van der Waals surface area contributed by atoms with Crippen LogP contribution in [0.25, 0.3) is 0 Å². The van der Waals surface area contributed by atoms with E-state index in [1.807, 2.05) is 0 Å². The number of carbonyl (C=O) groups excluding carboxylic acids is 1. The topological polar surface area (TPSA) is 90.0 Å². The van der Waals surface area contributed by atoms with Gasteiger partial charge >= 0.3 is 0 Å². The molecule has 6 nitrogen and oxygen atoms in total. The molecule has 1 heterocycles. The van der Waals surface area contributed by atoms with E-state index in [4.69, 9.17) is 5.73 Å². The normalized spacial score (nSPS) is 10.4. The third-order valence-electron chi connectivity index (χ3n) is 2.92. The Morgan fingerprint density at radius 3 is 2.76 bits per heavy atom. The second-order valence-electron chi connectivity index (χ2n) is 4.65. The highest BCUT2D eigenvalue weighted by molar-refractivity contribution is 5.93. The van der Waals surface area contributed by atoms with Gasteiger partial charge in [-0.05, 0) is 32.0 Å². The Balaban J connectivity index is 2.20. The first-order chi connectivity index (χ1) is 9.86. The van der Waals surface area contributed by atoms with Crippen LogP contribution in [0, 0.1) is 19.7 Å². The molecule has 21 heavy (non-hydrogen) atoms. The van der Waals surface area contributed by atoms with Crippen molar-refractivity contribution in [2.75, 3.05) is 11.1 Å². The molecule has 0 spiro atoms. The number of amides is 1. The number of nitrogens with two attached hydrogens (primary N) is 1. The van der Waals surface area contributed by atoms with Crippen molar-refractivity contribution in [3.63, 3.8) is 0 Å². The van der Waals surface area contributed by atoms with Crippen molar-refractivity contribution in [3.05, 3.63) is 52.0 Å². The Bertz CT molecular complexity index is 755. The van der Waals surface area contributed by atoms with Crippen LogP contribution in [0.4, 0.5) is 15.8 Å². The third kappa shape index (κ3) is 3.44. The number of hydrogen-bond donors (Lipinski definition) is 2. The van der Waals surface area contributed by atoms with Crippen LogP contribution in [0.15, 0.2) is 29.1 Å². The number of hydrogen-bond acceptors (Lipinski definition) is 4. The van der Waals surface area contributed by atoms with Gasteiger partial charge in [0, 0.05) is 11.8 Å². The number of carbonyl (C=O) groups is 1. The number of anilines is 2. The Morgan fingerprint density at radius 1 is 1.38 bits per heavy atom. The lowest BCUT2D eigenvalue weighted by Crippen LogP contribution is -2.30. The summed E-state index contributed by atoms with van der Waals surface area (Å²) < 4.78 is 14.4. The molecule has 0 aliphatic carbocycles. The van der Waals surface area contributed by atoms with Gasteiger partial charge in [-0.1, -0.05) is 0 Å². The number of halogens is 1. The standard InChI is InChI=1S/C14H15FN4O2/c1-8-5-14(21)19(9(2)17-8)7-13(20)18-12-6-10(15)3-4-11(12)16/h3-6H,7,16H2,1-2H3,(H,18,20). The van der Waals surface area contributed by atoms with E-state index in [0.29, 0.717) is 11.5 Å². The molecule has 2 rings (SSSR count). The maximum absolute atomic E-state index is 13.1. The zero-order valence-electron chi connectivity index (χ0n) is 11.7. The Labute approximate surface area is 120 Å². The van der Waals surface area contributed by atoms with Crippen molar-refractivity contribution in [2.45, 2.75) is 20.4 Å². The minimum absolute atomic E-state index is 0.172. The molecule has 1 aromatic heterocycles. The van der Waals surface area contributed by atoms with Crippen LogP contribution >= 0.6 is 0 Å². The number of aryl methyl sites for hydroxylation is 2. The predicted molar refractivity (Wildman–Crippen MR) is 77.4 cm³/mol. The first kappa shape index (κ1) is 14.7. The Hall–Kier alpha value is -2.70. The quantitative estimate of drug-likeness (QED) is 0.832. The zero-order valence-corrected chi connectivity index (χ0v) is 11.7. The molecule has 1 aromatic carbocycles. The average molecular weight is 290 g/mol. The molecule has 0 saturated heterocycles. The van der Waals surface area contributed by atoms with Crippen molar-refractivity contribution in [1.29, 1.82) is 0 Å². The average Bonchev–Trinajstić information content (AvgIpc) is 2.38. The minimum Gasteiger partial charge on any atom is -0.397 e. The van der Waals surface area contributed by atoms with Gasteiger partial charge in [0.05, 0.1) is 11.4 Å². The summed E-state index contributed by atoms with van der Waals surface area (Å²) in [4.78, 5) is 27.9. The molecule has 1 amide bonds. The molecular weight excluding hydrogens is 275 g/mol. The zero-order chi connectivity index (χ0) is 15.6. The molecule has 0 unspecified atom stereocenters. The lowest BCUT2D eigenvalue weighted by molar-refractivity contribution is -0.116. The van der Waals surface area contributed by atoms with Crippen LogP contribution in [-0.2, 0) is 11.3 Å². The lowest BCUT2D eigenvalue weighted by Gasteiger charge is -2.11. The maximum atomic E-state index is 13.1. The van der Waals surface area contributed by atoms with Gasteiger partial charge in [0.25, 0.3) is 5.56 Å². The fraction of sp³-hybridized carbons (Fsp3) is 0.214. The maximum Gasteiger partial charge on any atom is 0.254 e. The van der Waals surface area contributed by atoms with E-state index in [1.54, 1.807) is 13.8 Å². The van der Waals surface area contributed by atoms with Crippen LogP contribution in [0.5, 0.6) is 0 Å². The second-order valence-corrected chi connectivity index (χ2v) is 4.65. The molecule has 110 valence electrons. The number of aromatic nitrogens is 2. The highest BCUT2D eigenvalue weighted by Gasteiger charge is 2.10. The van der Waals surface area contributed by atoms with Crippen LogP contribution in [0.1, 0.15) is 11.5 Å². The van der Waals surface area contributed by atoms with Gasteiger partial charge in [-0.15, -0.1) is 0 Å². The molecular formula is C14H15FN4O2. The molecule has 0 bridgehead atoms. The van der Waals surface area contributed by atoms with Crippen LogP contribution in [0.3, 0.4) is 0 Å². The largest absolute Gasteiger partial charge is 0.397 e. The first-order valence-electron chi connectivity index (χ1n) is 6.27. The van der Waals surface area contributed by atoms with Gasteiger partial charge in [-0.3, -0.25) is 14.2 Å². The van der Waals surface area contributed by atoms with Crippen molar-refractivity contribution in [3.8, 4) is 0 Å². The second kappa shape index (κ2) is 5.74. The van der Waals surface area contributed by atoms with Crippen LogP contribution in [-0.4, -0.2) is 15.5 Å².